The fourth-order valence-electron chi connectivity index (χ4n) is 3.10. The zero-order valence-corrected chi connectivity index (χ0v) is 16.5. The summed E-state index contributed by atoms with van der Waals surface area (Å²) in [6.45, 7) is 0.835. The minimum absolute atomic E-state index is 0.190. The molecule has 7 heteroatoms. The largest absolute Gasteiger partial charge is 0.489 e. The molecule has 4 rings (SSSR count). The lowest BCUT2D eigenvalue weighted by molar-refractivity contribution is 0.101. The zero-order valence-electron chi connectivity index (χ0n) is 16.5. The van der Waals surface area contributed by atoms with Crippen LogP contribution in [0.4, 0.5) is 14.6 Å². The van der Waals surface area contributed by atoms with Crippen LogP contribution in [-0.2, 0) is 13.2 Å². The Bertz CT molecular complexity index is 1170. The van der Waals surface area contributed by atoms with Crippen LogP contribution in [0.15, 0.2) is 85.1 Å². The molecule has 0 aliphatic heterocycles. The van der Waals surface area contributed by atoms with Crippen LogP contribution < -0.4 is 10.1 Å². The van der Waals surface area contributed by atoms with E-state index >= 15 is 0 Å². The van der Waals surface area contributed by atoms with Gasteiger partial charge in [-0.15, -0.1) is 0 Å². The number of amides is 1. The van der Waals surface area contributed by atoms with E-state index in [4.69, 9.17) is 4.74 Å². The molecular weight excluding hydrogens is 400 g/mol. The Labute approximate surface area is 177 Å². The van der Waals surface area contributed by atoms with E-state index in [-0.39, 0.29) is 5.82 Å². The van der Waals surface area contributed by atoms with Gasteiger partial charge in [0.1, 0.15) is 29.6 Å². The third-order valence-corrected chi connectivity index (χ3v) is 4.61. The second kappa shape index (κ2) is 9.21. The number of anilines is 1. The lowest BCUT2D eigenvalue weighted by Gasteiger charge is -2.12. The SMILES string of the molecule is O=C(Nc1ccn(Cc2ccccc2OCc2ccccc2)n1)c1c(F)cccc1F. The zero-order chi connectivity index (χ0) is 21.6. The number of hydrogen-bond donors (Lipinski definition) is 1. The summed E-state index contributed by atoms with van der Waals surface area (Å²) in [7, 11) is 0. The molecule has 4 aromatic rings. The third-order valence-electron chi connectivity index (χ3n) is 4.61. The minimum atomic E-state index is -0.929. The van der Waals surface area contributed by atoms with Gasteiger partial charge in [-0.2, -0.15) is 5.10 Å². The lowest BCUT2D eigenvalue weighted by atomic mass is 10.2. The molecular formula is C24H19F2N3O2. The molecule has 0 unspecified atom stereocenters. The first kappa shape index (κ1) is 20.3. The quantitative estimate of drug-likeness (QED) is 0.457. The number of carbonyl (C=O) groups is 1. The number of ether oxygens (including phenoxy) is 1. The van der Waals surface area contributed by atoms with Crippen LogP contribution in [0.1, 0.15) is 21.5 Å². The van der Waals surface area contributed by atoms with Crippen LogP contribution >= 0.6 is 0 Å². The van der Waals surface area contributed by atoms with Gasteiger partial charge in [-0.05, 0) is 23.8 Å². The highest BCUT2D eigenvalue weighted by Crippen LogP contribution is 2.21. The van der Waals surface area contributed by atoms with Crippen molar-refractivity contribution in [3.8, 4) is 5.75 Å². The number of aromatic nitrogens is 2. The van der Waals surface area contributed by atoms with Crippen molar-refractivity contribution >= 4 is 11.7 Å². The molecule has 0 aliphatic rings. The predicted molar refractivity (Wildman–Crippen MR) is 113 cm³/mol. The van der Waals surface area contributed by atoms with E-state index in [0.29, 0.717) is 13.2 Å². The van der Waals surface area contributed by atoms with E-state index in [9.17, 15) is 13.6 Å². The van der Waals surface area contributed by atoms with Crippen molar-refractivity contribution < 1.29 is 18.3 Å². The maximum absolute atomic E-state index is 13.8. The summed E-state index contributed by atoms with van der Waals surface area (Å²) in [5.41, 5.74) is 1.32. The number of halogens is 2. The standard InChI is InChI=1S/C24H19F2N3O2/c25-19-10-6-11-20(26)23(19)24(30)27-22-13-14-29(28-22)15-18-9-4-5-12-21(18)31-16-17-7-2-1-3-8-17/h1-14H,15-16H2,(H,27,28,30). The lowest BCUT2D eigenvalue weighted by Crippen LogP contribution is -2.16. The Morgan fingerprint density at radius 1 is 0.903 bits per heavy atom. The van der Waals surface area contributed by atoms with E-state index in [1.165, 1.54) is 6.07 Å². The van der Waals surface area contributed by atoms with Crippen LogP contribution in [0.2, 0.25) is 0 Å². The van der Waals surface area contributed by atoms with Crippen molar-refractivity contribution in [3.63, 3.8) is 0 Å². The number of para-hydroxylation sites is 1. The number of carbonyl (C=O) groups excluding carboxylic acids is 1. The number of nitrogens with one attached hydrogen (secondary N) is 1. The molecule has 0 spiro atoms. The molecule has 1 N–H and O–H groups in total. The van der Waals surface area contributed by atoms with Crippen molar-refractivity contribution in [1.29, 1.82) is 0 Å². The van der Waals surface area contributed by atoms with Gasteiger partial charge in [0.2, 0.25) is 0 Å². The van der Waals surface area contributed by atoms with Crippen molar-refractivity contribution in [2.75, 3.05) is 5.32 Å². The number of nitrogens with zero attached hydrogens (tertiary/aromatic N) is 2. The number of hydrogen-bond acceptors (Lipinski definition) is 3. The number of rotatable bonds is 7. The summed E-state index contributed by atoms with van der Waals surface area (Å²) in [5, 5.41) is 6.70. The molecule has 0 fully saturated rings. The first-order valence-corrected chi connectivity index (χ1v) is 9.63. The normalized spacial score (nSPS) is 10.6. The molecule has 1 aromatic heterocycles. The molecule has 5 nitrogen and oxygen atoms in total. The molecule has 0 saturated carbocycles. The first-order valence-electron chi connectivity index (χ1n) is 9.63. The van der Waals surface area contributed by atoms with E-state index in [1.54, 1.807) is 16.9 Å². The van der Waals surface area contributed by atoms with Crippen LogP contribution in [0.25, 0.3) is 0 Å². The van der Waals surface area contributed by atoms with Gasteiger partial charge < -0.3 is 10.1 Å². The predicted octanol–water partition coefficient (Wildman–Crippen LogP) is 5.04. The second-order valence-corrected chi connectivity index (χ2v) is 6.83. The van der Waals surface area contributed by atoms with Gasteiger partial charge in [0.15, 0.2) is 5.82 Å². The van der Waals surface area contributed by atoms with Crippen molar-refractivity contribution in [3.05, 3.63) is 113 Å². The fraction of sp³-hybridized carbons (Fsp3) is 0.0833. The summed E-state index contributed by atoms with van der Waals surface area (Å²) in [6, 6.07) is 22.3. The molecule has 156 valence electrons. The van der Waals surface area contributed by atoms with Gasteiger partial charge in [-0.1, -0.05) is 54.6 Å². The van der Waals surface area contributed by atoms with Gasteiger partial charge >= 0.3 is 0 Å². The summed E-state index contributed by atoms with van der Waals surface area (Å²) in [6.07, 6.45) is 1.67. The van der Waals surface area contributed by atoms with Crippen LogP contribution in [0.3, 0.4) is 0 Å². The third kappa shape index (κ3) is 4.95. The van der Waals surface area contributed by atoms with Crippen molar-refractivity contribution in [2.24, 2.45) is 0 Å². The topological polar surface area (TPSA) is 56.2 Å². The van der Waals surface area contributed by atoms with E-state index in [1.807, 2.05) is 54.6 Å². The number of benzene rings is 3. The highest BCUT2D eigenvalue weighted by molar-refractivity contribution is 6.04. The molecule has 0 bridgehead atoms. The molecule has 0 atom stereocenters. The van der Waals surface area contributed by atoms with Gasteiger partial charge in [-0.3, -0.25) is 9.48 Å². The summed E-state index contributed by atoms with van der Waals surface area (Å²) >= 11 is 0. The molecule has 0 saturated heterocycles. The second-order valence-electron chi connectivity index (χ2n) is 6.83. The minimum Gasteiger partial charge on any atom is -0.489 e. The van der Waals surface area contributed by atoms with Crippen LogP contribution in [-0.4, -0.2) is 15.7 Å². The first-order chi connectivity index (χ1) is 15.1. The smallest absolute Gasteiger partial charge is 0.262 e. The van der Waals surface area contributed by atoms with Gasteiger partial charge in [0.25, 0.3) is 5.91 Å². The van der Waals surface area contributed by atoms with Gasteiger partial charge in [-0.25, -0.2) is 8.78 Å². The molecule has 3 aromatic carbocycles. The maximum Gasteiger partial charge on any atom is 0.262 e. The highest BCUT2D eigenvalue weighted by atomic mass is 19.1. The molecule has 1 amide bonds. The maximum atomic E-state index is 13.8. The van der Waals surface area contributed by atoms with Gasteiger partial charge in [0.05, 0.1) is 6.54 Å². The molecule has 31 heavy (non-hydrogen) atoms. The van der Waals surface area contributed by atoms with Crippen molar-refractivity contribution in [1.82, 2.24) is 9.78 Å². The average molecular weight is 419 g/mol. The van der Waals surface area contributed by atoms with Crippen LogP contribution in [0, 0.1) is 11.6 Å². The summed E-state index contributed by atoms with van der Waals surface area (Å²) in [5.74, 6) is -1.84. The Kier molecular flexibility index (Phi) is 6.03. The van der Waals surface area contributed by atoms with E-state index in [2.05, 4.69) is 10.4 Å². The molecule has 0 radical (unpaired) electrons. The monoisotopic (exact) mass is 419 g/mol. The molecule has 1 heterocycles. The summed E-state index contributed by atoms with van der Waals surface area (Å²) < 4.78 is 35.2. The Morgan fingerprint density at radius 3 is 2.39 bits per heavy atom. The fourth-order valence-corrected chi connectivity index (χ4v) is 3.10. The Morgan fingerprint density at radius 2 is 1.61 bits per heavy atom. The average Bonchev–Trinajstić information content (AvgIpc) is 3.20. The Hall–Kier alpha value is -4.00. The van der Waals surface area contributed by atoms with Crippen LogP contribution in [0.5, 0.6) is 5.75 Å². The summed E-state index contributed by atoms with van der Waals surface area (Å²) in [4.78, 5) is 12.2. The highest BCUT2D eigenvalue weighted by Gasteiger charge is 2.18. The molecule has 0 aliphatic carbocycles. The van der Waals surface area contributed by atoms with E-state index in [0.717, 1.165) is 29.0 Å². The Balaban J connectivity index is 1.44. The van der Waals surface area contributed by atoms with Gasteiger partial charge in [0, 0.05) is 17.8 Å². The van der Waals surface area contributed by atoms with E-state index < -0.39 is 23.1 Å². The van der Waals surface area contributed by atoms with Crippen molar-refractivity contribution in [2.45, 2.75) is 13.2 Å².